The monoisotopic (exact) mass is 292 g/mol. The first-order valence-corrected chi connectivity index (χ1v) is 7.53. The molecule has 1 aromatic heterocycles. The highest BCUT2D eigenvalue weighted by Gasteiger charge is 2.21. The lowest BCUT2D eigenvalue weighted by atomic mass is 10.1. The Morgan fingerprint density at radius 1 is 1.15 bits per heavy atom. The second kappa shape index (κ2) is 5.95. The van der Waals surface area contributed by atoms with E-state index in [9.17, 15) is 0 Å². The fourth-order valence-electron chi connectivity index (χ4n) is 2.79. The molecule has 0 saturated carbocycles. The first-order valence-electron chi connectivity index (χ1n) is 7.15. The first kappa shape index (κ1) is 13.6. The molecule has 1 fully saturated rings. The molecule has 0 radical (unpaired) electrons. The average Bonchev–Trinajstić information content (AvgIpc) is 2.90. The third-order valence-electron chi connectivity index (χ3n) is 4.10. The molecule has 1 aliphatic heterocycles. The highest BCUT2D eigenvalue weighted by molar-refractivity contribution is 6.30. The molecule has 1 aromatic carbocycles. The van der Waals surface area contributed by atoms with Crippen LogP contribution in [-0.4, -0.2) is 43.4 Å². The Kier molecular flexibility index (Phi) is 4.05. The summed E-state index contributed by atoms with van der Waals surface area (Å²) in [6.07, 6.45) is 1.96. The van der Waals surface area contributed by atoms with Crippen LogP contribution in [0.3, 0.4) is 0 Å². The Balaban J connectivity index is 1.75. The van der Waals surface area contributed by atoms with Gasteiger partial charge in [0.2, 0.25) is 0 Å². The highest BCUT2D eigenvalue weighted by Crippen LogP contribution is 2.22. The zero-order valence-corrected chi connectivity index (χ0v) is 12.5. The summed E-state index contributed by atoms with van der Waals surface area (Å²) >= 11 is 5.95. The molecular weight excluding hydrogens is 272 g/mol. The summed E-state index contributed by atoms with van der Waals surface area (Å²) in [6, 6.07) is 7.94. The Morgan fingerprint density at radius 2 is 1.85 bits per heavy atom. The molecule has 2 heterocycles. The van der Waals surface area contributed by atoms with Gasteiger partial charge in [0.05, 0.1) is 24.5 Å². The van der Waals surface area contributed by atoms with Crippen LogP contribution in [0.2, 0.25) is 5.02 Å². The third kappa shape index (κ3) is 3.03. The van der Waals surface area contributed by atoms with Gasteiger partial charge in [-0.3, -0.25) is 5.10 Å². The number of H-pyrrole nitrogens is 1. The zero-order chi connectivity index (χ0) is 13.9. The Labute approximate surface area is 124 Å². The predicted octanol–water partition coefficient (Wildman–Crippen LogP) is -0.357. The van der Waals surface area contributed by atoms with Crippen molar-refractivity contribution in [2.45, 2.75) is 6.54 Å². The molecule has 4 nitrogen and oxygen atoms in total. The van der Waals surface area contributed by atoms with Crippen molar-refractivity contribution in [2.75, 3.05) is 33.2 Å². The lowest BCUT2D eigenvalue weighted by molar-refractivity contribution is -1.01. The molecule has 1 saturated heterocycles. The van der Waals surface area contributed by atoms with Gasteiger partial charge >= 0.3 is 0 Å². The quantitative estimate of drug-likeness (QED) is 0.710. The normalized spacial score (nSPS) is 22.9. The number of hydrogen-bond acceptors (Lipinski definition) is 1. The van der Waals surface area contributed by atoms with E-state index in [-0.39, 0.29) is 0 Å². The molecule has 20 heavy (non-hydrogen) atoms. The number of benzene rings is 1. The molecule has 0 unspecified atom stereocenters. The molecule has 106 valence electrons. The maximum atomic E-state index is 5.95. The van der Waals surface area contributed by atoms with Crippen LogP contribution < -0.4 is 9.80 Å². The van der Waals surface area contributed by atoms with E-state index in [0.717, 1.165) is 22.8 Å². The van der Waals surface area contributed by atoms with Crippen LogP contribution in [-0.2, 0) is 6.54 Å². The van der Waals surface area contributed by atoms with Gasteiger partial charge in [-0.1, -0.05) is 23.7 Å². The van der Waals surface area contributed by atoms with Gasteiger partial charge in [0.1, 0.15) is 32.7 Å². The van der Waals surface area contributed by atoms with Crippen LogP contribution in [0.5, 0.6) is 0 Å². The van der Waals surface area contributed by atoms with Gasteiger partial charge in [-0.2, -0.15) is 5.10 Å². The van der Waals surface area contributed by atoms with Crippen LogP contribution in [0.1, 0.15) is 5.56 Å². The number of aromatic amines is 1. The number of aromatic nitrogens is 2. The Morgan fingerprint density at radius 3 is 2.55 bits per heavy atom. The van der Waals surface area contributed by atoms with Crippen LogP contribution >= 0.6 is 11.6 Å². The fourth-order valence-corrected chi connectivity index (χ4v) is 2.91. The van der Waals surface area contributed by atoms with Gasteiger partial charge in [-0.15, -0.1) is 0 Å². The lowest BCUT2D eigenvalue weighted by Gasteiger charge is -2.27. The fraction of sp³-hybridized carbons (Fsp3) is 0.400. The van der Waals surface area contributed by atoms with Crippen LogP contribution in [0, 0.1) is 0 Å². The van der Waals surface area contributed by atoms with E-state index >= 15 is 0 Å². The van der Waals surface area contributed by atoms with E-state index in [1.807, 2.05) is 30.5 Å². The maximum absolute atomic E-state index is 5.95. The van der Waals surface area contributed by atoms with E-state index in [1.165, 1.54) is 31.7 Å². The standard InChI is InChI=1S/C15H19ClN4/c1-19-6-8-20(9-7-19)11-13-10-17-18-15(13)12-2-4-14(16)5-3-12/h2-5,10H,6-9,11H2,1H3,(H,17,18)/p+2. The molecule has 0 spiro atoms. The SMILES string of the molecule is C[NH+]1CC[NH+](Cc2cn[nH]c2-c2ccc(Cl)cc2)CC1. The van der Waals surface area contributed by atoms with Gasteiger partial charge in [-0.05, 0) is 12.1 Å². The van der Waals surface area contributed by atoms with Crippen molar-refractivity contribution in [3.63, 3.8) is 0 Å². The Hall–Kier alpha value is -1.36. The summed E-state index contributed by atoms with van der Waals surface area (Å²) in [4.78, 5) is 3.28. The minimum Gasteiger partial charge on any atom is -0.328 e. The second-order valence-electron chi connectivity index (χ2n) is 5.66. The van der Waals surface area contributed by atoms with Gasteiger partial charge in [0.15, 0.2) is 0 Å². The minimum absolute atomic E-state index is 0.766. The van der Waals surface area contributed by atoms with E-state index < -0.39 is 0 Å². The number of piperazine rings is 1. The summed E-state index contributed by atoms with van der Waals surface area (Å²) in [5.74, 6) is 0. The van der Waals surface area contributed by atoms with Gasteiger partial charge in [0, 0.05) is 10.6 Å². The smallest absolute Gasteiger partial charge is 0.127 e. The number of halogens is 1. The van der Waals surface area contributed by atoms with Crippen LogP contribution in [0.4, 0.5) is 0 Å². The van der Waals surface area contributed by atoms with Crippen molar-refractivity contribution in [3.05, 3.63) is 41.0 Å². The van der Waals surface area contributed by atoms with E-state index in [1.54, 1.807) is 9.80 Å². The second-order valence-corrected chi connectivity index (χ2v) is 6.10. The van der Waals surface area contributed by atoms with Crippen molar-refractivity contribution in [1.29, 1.82) is 0 Å². The molecular formula is C15H21ClN4+2. The summed E-state index contributed by atoms with van der Waals surface area (Å²) in [7, 11) is 2.27. The molecule has 1 aliphatic rings. The molecule has 2 aromatic rings. The molecule has 0 atom stereocenters. The highest BCUT2D eigenvalue weighted by atomic mass is 35.5. The lowest BCUT2D eigenvalue weighted by Crippen LogP contribution is -3.26. The van der Waals surface area contributed by atoms with Crippen molar-refractivity contribution >= 4 is 11.6 Å². The summed E-state index contributed by atoms with van der Waals surface area (Å²) in [6.45, 7) is 6.02. The predicted molar refractivity (Wildman–Crippen MR) is 80.1 cm³/mol. The van der Waals surface area contributed by atoms with E-state index in [2.05, 4.69) is 17.2 Å². The first-order chi connectivity index (χ1) is 9.72. The molecule has 5 heteroatoms. The molecule has 0 bridgehead atoms. The molecule has 0 aliphatic carbocycles. The van der Waals surface area contributed by atoms with E-state index in [4.69, 9.17) is 11.6 Å². The maximum Gasteiger partial charge on any atom is 0.127 e. The topological polar surface area (TPSA) is 37.6 Å². The van der Waals surface area contributed by atoms with Gasteiger partial charge in [-0.25, -0.2) is 0 Å². The van der Waals surface area contributed by atoms with Crippen molar-refractivity contribution in [1.82, 2.24) is 10.2 Å². The summed E-state index contributed by atoms with van der Waals surface area (Å²) in [5, 5.41) is 8.12. The van der Waals surface area contributed by atoms with Crippen molar-refractivity contribution in [3.8, 4) is 11.3 Å². The van der Waals surface area contributed by atoms with Crippen molar-refractivity contribution < 1.29 is 9.80 Å². The molecule has 3 rings (SSSR count). The number of rotatable bonds is 3. The van der Waals surface area contributed by atoms with E-state index in [0.29, 0.717) is 0 Å². The summed E-state index contributed by atoms with van der Waals surface area (Å²) in [5.41, 5.74) is 3.57. The number of likely N-dealkylation sites (N-methyl/N-ethyl adjacent to an activating group) is 1. The zero-order valence-electron chi connectivity index (χ0n) is 11.7. The minimum atomic E-state index is 0.766. The Bertz CT molecular complexity index is 556. The van der Waals surface area contributed by atoms with Gasteiger partial charge in [0.25, 0.3) is 0 Å². The van der Waals surface area contributed by atoms with Gasteiger partial charge < -0.3 is 9.80 Å². The summed E-state index contributed by atoms with van der Waals surface area (Å²) < 4.78 is 0. The largest absolute Gasteiger partial charge is 0.328 e. The number of nitrogens with one attached hydrogen (secondary N) is 3. The number of hydrogen-bond donors (Lipinski definition) is 3. The van der Waals surface area contributed by atoms with Crippen molar-refractivity contribution in [2.24, 2.45) is 0 Å². The number of nitrogens with zero attached hydrogens (tertiary/aromatic N) is 1. The molecule has 3 N–H and O–H groups in total. The average molecular weight is 293 g/mol. The van der Waals surface area contributed by atoms with Crippen LogP contribution in [0.25, 0.3) is 11.3 Å². The third-order valence-corrected chi connectivity index (χ3v) is 4.35. The molecule has 0 amide bonds. The van der Waals surface area contributed by atoms with Crippen LogP contribution in [0.15, 0.2) is 30.5 Å². The number of quaternary nitrogens is 2.